The van der Waals surface area contributed by atoms with Gasteiger partial charge in [-0.25, -0.2) is 14.0 Å². The fourth-order valence-electron chi connectivity index (χ4n) is 3.27. The Morgan fingerprint density at radius 3 is 2.20 bits per heavy atom. The average Bonchev–Trinajstić information content (AvgIpc) is 2.79. The molecule has 0 heterocycles. The van der Waals surface area contributed by atoms with Gasteiger partial charge in [-0.2, -0.15) is 13.2 Å². The number of amides is 4. The number of anilines is 3. The number of benzene rings is 3. The maximum absolute atomic E-state index is 13.4. The predicted octanol–water partition coefficient (Wildman–Crippen LogP) is 6.40. The summed E-state index contributed by atoms with van der Waals surface area (Å²) in [5.41, 5.74) is 1.16. The molecule has 6 nitrogen and oxygen atoms in total. The number of rotatable bonds is 7. The lowest BCUT2D eigenvalue weighted by Crippen LogP contribution is -2.38. The van der Waals surface area contributed by atoms with E-state index in [4.69, 9.17) is 0 Å². The Morgan fingerprint density at radius 2 is 1.54 bits per heavy atom. The summed E-state index contributed by atoms with van der Waals surface area (Å²) in [5.74, 6) is -0.444. The molecule has 0 radical (unpaired) electrons. The van der Waals surface area contributed by atoms with Crippen LogP contribution in [-0.4, -0.2) is 25.2 Å². The molecule has 184 valence electrons. The molecule has 0 bridgehead atoms. The summed E-state index contributed by atoms with van der Waals surface area (Å²) in [4.78, 5) is 26.4. The van der Waals surface area contributed by atoms with E-state index in [-0.39, 0.29) is 18.8 Å². The van der Waals surface area contributed by atoms with E-state index in [2.05, 4.69) is 16.0 Å². The van der Waals surface area contributed by atoms with Crippen LogP contribution in [0.2, 0.25) is 0 Å². The van der Waals surface area contributed by atoms with Crippen LogP contribution in [0.4, 0.5) is 44.2 Å². The maximum Gasteiger partial charge on any atom is 0.416 e. The Bertz CT molecular complexity index is 1170. The number of carbonyl (C=O) groups excluding carboxylic acids is 2. The van der Waals surface area contributed by atoms with E-state index >= 15 is 0 Å². The quantitative estimate of drug-likeness (QED) is 0.266. The Labute approximate surface area is 199 Å². The molecule has 3 aromatic carbocycles. The average molecular weight is 488 g/mol. The summed E-state index contributed by atoms with van der Waals surface area (Å²) in [6.45, 7) is 2.22. The third kappa shape index (κ3) is 7.73. The van der Waals surface area contributed by atoms with Crippen molar-refractivity contribution in [3.05, 3.63) is 89.7 Å². The molecule has 0 aromatic heterocycles. The Morgan fingerprint density at radius 1 is 0.886 bits per heavy atom. The summed E-state index contributed by atoms with van der Waals surface area (Å²) in [7, 11) is 0. The van der Waals surface area contributed by atoms with Crippen molar-refractivity contribution in [3.8, 4) is 0 Å². The second kappa shape index (κ2) is 11.4. The van der Waals surface area contributed by atoms with E-state index in [0.29, 0.717) is 17.8 Å². The summed E-state index contributed by atoms with van der Waals surface area (Å²) in [6.07, 6.45) is -4.19. The van der Waals surface area contributed by atoms with Crippen LogP contribution in [-0.2, 0) is 6.18 Å². The molecule has 0 spiro atoms. The van der Waals surface area contributed by atoms with Gasteiger partial charge in [0.25, 0.3) is 0 Å². The second-order valence-corrected chi connectivity index (χ2v) is 7.74. The molecule has 0 fully saturated rings. The van der Waals surface area contributed by atoms with E-state index in [1.54, 1.807) is 18.2 Å². The molecule has 3 N–H and O–H groups in total. The highest BCUT2D eigenvalue weighted by atomic mass is 19.4. The highest BCUT2D eigenvalue weighted by Gasteiger charge is 2.30. The van der Waals surface area contributed by atoms with E-state index in [1.807, 2.05) is 13.0 Å². The van der Waals surface area contributed by atoms with Gasteiger partial charge in [0, 0.05) is 30.2 Å². The van der Waals surface area contributed by atoms with Crippen molar-refractivity contribution >= 4 is 29.1 Å². The van der Waals surface area contributed by atoms with Gasteiger partial charge in [0.1, 0.15) is 5.82 Å². The molecule has 0 saturated heterocycles. The van der Waals surface area contributed by atoms with Crippen LogP contribution in [0.1, 0.15) is 17.5 Å². The van der Waals surface area contributed by atoms with Crippen LogP contribution in [0, 0.1) is 12.7 Å². The minimum atomic E-state index is -4.52. The molecule has 3 aromatic rings. The number of urea groups is 2. The first-order chi connectivity index (χ1) is 16.6. The third-order valence-electron chi connectivity index (χ3n) is 4.94. The first kappa shape index (κ1) is 25.5. The van der Waals surface area contributed by atoms with E-state index < -0.39 is 29.6 Å². The molecule has 10 heteroatoms. The summed E-state index contributed by atoms with van der Waals surface area (Å²) in [6, 6.07) is 15.9. The summed E-state index contributed by atoms with van der Waals surface area (Å²) >= 11 is 0. The SMILES string of the molecule is Cc1cccc(NC(=O)N(CCCNC(=O)Nc2cccc(C(F)(F)F)c2)c2ccc(F)cc2)c1. The van der Waals surface area contributed by atoms with Gasteiger partial charge in [0.05, 0.1) is 5.56 Å². The topological polar surface area (TPSA) is 73.5 Å². The number of hydrogen-bond donors (Lipinski definition) is 3. The Hall–Kier alpha value is -4.08. The molecular formula is C25H24F4N4O2. The molecule has 0 unspecified atom stereocenters. The molecule has 35 heavy (non-hydrogen) atoms. The zero-order valence-electron chi connectivity index (χ0n) is 18.8. The van der Waals surface area contributed by atoms with Crippen LogP contribution in [0.5, 0.6) is 0 Å². The molecule has 0 atom stereocenters. The number of aryl methyl sites for hydroxylation is 1. The zero-order valence-corrected chi connectivity index (χ0v) is 18.8. The summed E-state index contributed by atoms with van der Waals surface area (Å²) < 4.78 is 51.9. The predicted molar refractivity (Wildman–Crippen MR) is 127 cm³/mol. The molecule has 0 aliphatic rings. The lowest BCUT2D eigenvalue weighted by Gasteiger charge is -2.23. The van der Waals surface area contributed by atoms with Crippen molar-refractivity contribution in [3.63, 3.8) is 0 Å². The molecule has 0 aliphatic carbocycles. The van der Waals surface area contributed by atoms with Gasteiger partial charge in [-0.3, -0.25) is 4.90 Å². The van der Waals surface area contributed by atoms with Crippen molar-refractivity contribution < 1.29 is 27.2 Å². The van der Waals surface area contributed by atoms with Crippen LogP contribution in [0.15, 0.2) is 72.8 Å². The molecular weight excluding hydrogens is 464 g/mol. The second-order valence-electron chi connectivity index (χ2n) is 7.74. The van der Waals surface area contributed by atoms with E-state index in [0.717, 1.165) is 17.7 Å². The number of hydrogen-bond acceptors (Lipinski definition) is 2. The Balaban J connectivity index is 1.58. The van der Waals surface area contributed by atoms with Gasteiger partial charge in [-0.05, 0) is 73.5 Å². The van der Waals surface area contributed by atoms with Gasteiger partial charge in [0.15, 0.2) is 0 Å². The molecule has 0 aliphatic heterocycles. The highest BCUT2D eigenvalue weighted by molar-refractivity contribution is 6.01. The maximum atomic E-state index is 13.4. The van der Waals surface area contributed by atoms with Crippen molar-refractivity contribution in [1.82, 2.24) is 5.32 Å². The van der Waals surface area contributed by atoms with Crippen LogP contribution >= 0.6 is 0 Å². The minimum absolute atomic E-state index is 0.00259. The smallest absolute Gasteiger partial charge is 0.338 e. The fourth-order valence-corrected chi connectivity index (χ4v) is 3.27. The lowest BCUT2D eigenvalue weighted by atomic mass is 10.2. The van der Waals surface area contributed by atoms with Crippen LogP contribution < -0.4 is 20.9 Å². The zero-order chi connectivity index (χ0) is 25.4. The van der Waals surface area contributed by atoms with Gasteiger partial charge in [-0.15, -0.1) is 0 Å². The van der Waals surface area contributed by atoms with Gasteiger partial charge >= 0.3 is 18.2 Å². The van der Waals surface area contributed by atoms with Gasteiger partial charge < -0.3 is 16.0 Å². The Kier molecular flexibility index (Phi) is 8.30. The third-order valence-corrected chi connectivity index (χ3v) is 4.94. The van der Waals surface area contributed by atoms with Crippen molar-refractivity contribution in [2.75, 3.05) is 28.6 Å². The number of halogens is 4. The lowest BCUT2D eigenvalue weighted by molar-refractivity contribution is -0.137. The number of alkyl halides is 3. The molecule has 4 amide bonds. The normalized spacial score (nSPS) is 11.0. The molecule has 0 saturated carbocycles. The number of nitrogens with zero attached hydrogens (tertiary/aromatic N) is 1. The fraction of sp³-hybridized carbons (Fsp3) is 0.200. The van der Waals surface area contributed by atoms with Crippen molar-refractivity contribution in [2.24, 2.45) is 0 Å². The first-order valence-electron chi connectivity index (χ1n) is 10.7. The largest absolute Gasteiger partial charge is 0.416 e. The van der Waals surface area contributed by atoms with Crippen LogP contribution in [0.25, 0.3) is 0 Å². The molecule has 3 rings (SSSR count). The minimum Gasteiger partial charge on any atom is -0.338 e. The van der Waals surface area contributed by atoms with Gasteiger partial charge in [-0.1, -0.05) is 18.2 Å². The number of carbonyl (C=O) groups is 2. The van der Waals surface area contributed by atoms with Crippen LogP contribution in [0.3, 0.4) is 0 Å². The highest BCUT2D eigenvalue weighted by Crippen LogP contribution is 2.30. The number of nitrogens with one attached hydrogen (secondary N) is 3. The van der Waals surface area contributed by atoms with Crippen molar-refractivity contribution in [1.29, 1.82) is 0 Å². The van der Waals surface area contributed by atoms with Gasteiger partial charge in [0.2, 0.25) is 0 Å². The summed E-state index contributed by atoms with van der Waals surface area (Å²) in [5, 5.41) is 7.71. The monoisotopic (exact) mass is 488 g/mol. The standard InChI is InChI=1S/C25H24F4N4O2/c1-17-5-2-7-20(15-17)32-24(35)33(22-11-9-19(26)10-12-22)14-4-13-30-23(34)31-21-8-3-6-18(16-21)25(27,28)29/h2-3,5-12,15-16H,4,13-14H2,1H3,(H,32,35)(H2,30,31,34). The first-order valence-corrected chi connectivity index (χ1v) is 10.7. The van der Waals surface area contributed by atoms with E-state index in [9.17, 15) is 27.2 Å². The van der Waals surface area contributed by atoms with E-state index in [1.165, 1.54) is 41.3 Å². The van der Waals surface area contributed by atoms with Crippen molar-refractivity contribution in [2.45, 2.75) is 19.5 Å².